The van der Waals surface area contributed by atoms with Gasteiger partial charge in [0.1, 0.15) is 5.82 Å². The monoisotopic (exact) mass is 361 g/mol. The first kappa shape index (κ1) is 16.7. The van der Waals surface area contributed by atoms with Gasteiger partial charge < -0.3 is 15.4 Å². The molecule has 3 N–H and O–H groups in total. The number of aliphatic hydroxyl groups is 1. The molecule has 0 spiro atoms. The van der Waals surface area contributed by atoms with Crippen LogP contribution in [0.5, 0.6) is 0 Å². The van der Waals surface area contributed by atoms with Crippen LogP contribution in [0.3, 0.4) is 0 Å². The Labute approximate surface area is 153 Å². The van der Waals surface area contributed by atoms with Crippen molar-refractivity contribution in [2.75, 3.05) is 11.9 Å². The summed E-state index contributed by atoms with van der Waals surface area (Å²) in [5.41, 5.74) is 2.63. The van der Waals surface area contributed by atoms with Gasteiger partial charge in [-0.25, -0.2) is 4.98 Å². The van der Waals surface area contributed by atoms with Gasteiger partial charge in [-0.2, -0.15) is 10.4 Å². The van der Waals surface area contributed by atoms with Crippen molar-refractivity contribution in [1.29, 1.82) is 5.26 Å². The van der Waals surface area contributed by atoms with Crippen LogP contribution in [-0.2, 0) is 17.8 Å². The van der Waals surface area contributed by atoms with E-state index in [-0.39, 0.29) is 18.9 Å². The van der Waals surface area contributed by atoms with Crippen LogP contribution < -0.4 is 5.32 Å². The smallest absolute Gasteiger partial charge is 0.233 e. The molecule has 0 aliphatic carbocycles. The highest BCUT2D eigenvalue weighted by atomic mass is 16.3. The summed E-state index contributed by atoms with van der Waals surface area (Å²) in [5.74, 6) is 0.641. The number of nitrogens with one attached hydrogen (secondary N) is 2. The Balaban J connectivity index is 1.57. The zero-order valence-electron chi connectivity index (χ0n) is 14.2. The van der Waals surface area contributed by atoms with Gasteiger partial charge in [-0.15, -0.1) is 0 Å². The van der Waals surface area contributed by atoms with Gasteiger partial charge in [0.15, 0.2) is 5.82 Å². The topological polar surface area (TPSA) is 133 Å². The standard InChI is InChI=1S/C18H15N7O2/c19-9-11-1-2-13-12(7-11)18-14(10-20-13)21-16(23-18)8-17(27)22-15-3-4-25(24-15)5-6-26/h1-4,7,10,26H,5-6,8H2,(H,21,23)(H,22,24,27). The average Bonchev–Trinajstić information content (AvgIpc) is 3.27. The maximum absolute atomic E-state index is 12.3. The van der Waals surface area contributed by atoms with E-state index in [1.807, 2.05) is 0 Å². The summed E-state index contributed by atoms with van der Waals surface area (Å²) in [4.78, 5) is 24.2. The molecule has 4 aromatic rings. The van der Waals surface area contributed by atoms with E-state index in [1.165, 1.54) is 0 Å². The third kappa shape index (κ3) is 3.33. The molecule has 3 aromatic heterocycles. The highest BCUT2D eigenvalue weighted by molar-refractivity contribution is 6.02. The Hall–Kier alpha value is -3.77. The number of hydrogen-bond donors (Lipinski definition) is 3. The normalized spacial score (nSPS) is 11.0. The number of anilines is 1. The lowest BCUT2D eigenvalue weighted by Gasteiger charge is -2.00. The van der Waals surface area contributed by atoms with Crippen molar-refractivity contribution >= 4 is 33.7 Å². The van der Waals surface area contributed by atoms with Crippen LogP contribution in [0, 0.1) is 11.3 Å². The minimum absolute atomic E-state index is 0.0242. The van der Waals surface area contributed by atoms with Gasteiger partial charge in [-0.05, 0) is 18.2 Å². The zero-order chi connectivity index (χ0) is 18.8. The predicted octanol–water partition coefficient (Wildman–Crippen LogP) is 1.35. The van der Waals surface area contributed by atoms with Crippen molar-refractivity contribution in [2.24, 2.45) is 0 Å². The molecule has 0 fully saturated rings. The second-order valence-corrected chi connectivity index (χ2v) is 5.96. The molecule has 0 unspecified atom stereocenters. The molecule has 0 aliphatic rings. The summed E-state index contributed by atoms with van der Waals surface area (Å²) in [5, 5.41) is 25.6. The highest BCUT2D eigenvalue weighted by Crippen LogP contribution is 2.23. The fourth-order valence-electron chi connectivity index (χ4n) is 2.86. The van der Waals surface area contributed by atoms with Crippen LogP contribution in [-0.4, -0.2) is 42.4 Å². The van der Waals surface area contributed by atoms with Gasteiger partial charge in [-0.1, -0.05) is 0 Å². The number of H-pyrrole nitrogens is 1. The summed E-state index contributed by atoms with van der Waals surface area (Å²) in [7, 11) is 0. The number of carbonyl (C=O) groups is 1. The van der Waals surface area contributed by atoms with Crippen LogP contribution in [0.15, 0.2) is 36.7 Å². The van der Waals surface area contributed by atoms with Gasteiger partial charge in [0, 0.05) is 17.6 Å². The number of rotatable bonds is 5. The number of carbonyl (C=O) groups excluding carboxylic acids is 1. The van der Waals surface area contributed by atoms with Crippen molar-refractivity contribution in [3.63, 3.8) is 0 Å². The van der Waals surface area contributed by atoms with E-state index in [9.17, 15) is 4.79 Å². The largest absolute Gasteiger partial charge is 0.394 e. The van der Waals surface area contributed by atoms with Crippen molar-refractivity contribution in [3.8, 4) is 6.07 Å². The Morgan fingerprint density at radius 2 is 2.26 bits per heavy atom. The quantitative estimate of drug-likeness (QED) is 0.491. The van der Waals surface area contributed by atoms with E-state index in [0.717, 1.165) is 10.9 Å². The number of nitrogens with zero attached hydrogens (tertiary/aromatic N) is 5. The number of hydrogen-bond acceptors (Lipinski definition) is 6. The van der Waals surface area contributed by atoms with Gasteiger partial charge in [-0.3, -0.25) is 14.5 Å². The van der Waals surface area contributed by atoms with E-state index in [0.29, 0.717) is 34.8 Å². The van der Waals surface area contributed by atoms with Crippen LogP contribution in [0.25, 0.3) is 21.9 Å². The first-order valence-corrected chi connectivity index (χ1v) is 8.28. The van der Waals surface area contributed by atoms with E-state index in [1.54, 1.807) is 41.3 Å². The fraction of sp³-hybridized carbons (Fsp3) is 0.167. The number of aromatic nitrogens is 5. The number of nitriles is 1. The van der Waals surface area contributed by atoms with Crippen molar-refractivity contribution in [3.05, 3.63) is 48.0 Å². The van der Waals surface area contributed by atoms with Crippen LogP contribution in [0.1, 0.15) is 11.4 Å². The van der Waals surface area contributed by atoms with Crippen molar-refractivity contribution < 1.29 is 9.90 Å². The van der Waals surface area contributed by atoms with E-state index in [4.69, 9.17) is 10.4 Å². The molecule has 0 atom stereocenters. The molecule has 0 aliphatic heterocycles. The molecule has 4 rings (SSSR count). The molecule has 1 aromatic carbocycles. The van der Waals surface area contributed by atoms with Crippen molar-refractivity contribution in [1.82, 2.24) is 24.7 Å². The molecule has 0 bridgehead atoms. The zero-order valence-corrected chi connectivity index (χ0v) is 14.2. The number of aliphatic hydroxyl groups excluding tert-OH is 1. The number of aromatic amines is 1. The first-order chi connectivity index (χ1) is 13.2. The summed E-state index contributed by atoms with van der Waals surface area (Å²) in [6.07, 6.45) is 3.38. The van der Waals surface area contributed by atoms with Crippen molar-refractivity contribution in [2.45, 2.75) is 13.0 Å². The summed E-state index contributed by atoms with van der Waals surface area (Å²) < 4.78 is 1.54. The van der Waals surface area contributed by atoms with Gasteiger partial charge >= 0.3 is 0 Å². The van der Waals surface area contributed by atoms with E-state index < -0.39 is 0 Å². The molecule has 134 valence electrons. The molecule has 9 nitrogen and oxygen atoms in total. The summed E-state index contributed by atoms with van der Waals surface area (Å²) >= 11 is 0. The Bertz CT molecular complexity index is 1190. The number of amides is 1. The number of fused-ring (bicyclic) bond motifs is 3. The summed E-state index contributed by atoms with van der Waals surface area (Å²) in [6.45, 7) is 0.341. The van der Waals surface area contributed by atoms with Crippen LogP contribution in [0.2, 0.25) is 0 Å². The molecule has 0 saturated heterocycles. The Morgan fingerprint density at radius 3 is 3.07 bits per heavy atom. The lowest BCUT2D eigenvalue weighted by Crippen LogP contribution is -2.16. The summed E-state index contributed by atoms with van der Waals surface area (Å²) in [6, 6.07) is 8.99. The molecule has 0 saturated carbocycles. The minimum Gasteiger partial charge on any atom is -0.394 e. The Morgan fingerprint density at radius 1 is 1.37 bits per heavy atom. The first-order valence-electron chi connectivity index (χ1n) is 8.28. The second-order valence-electron chi connectivity index (χ2n) is 5.96. The molecule has 3 heterocycles. The molecule has 0 radical (unpaired) electrons. The van der Waals surface area contributed by atoms with E-state index in [2.05, 4.69) is 31.4 Å². The molecular weight excluding hydrogens is 346 g/mol. The maximum atomic E-state index is 12.3. The SMILES string of the molecule is N#Cc1ccc2ncc3[nH]c(CC(=O)Nc4ccn(CCO)n4)nc3c2c1. The lowest BCUT2D eigenvalue weighted by molar-refractivity contribution is -0.115. The minimum atomic E-state index is -0.265. The lowest BCUT2D eigenvalue weighted by atomic mass is 10.1. The van der Waals surface area contributed by atoms with Gasteiger partial charge in [0.05, 0.1) is 54.0 Å². The van der Waals surface area contributed by atoms with Gasteiger partial charge in [0.2, 0.25) is 5.91 Å². The Kier molecular flexibility index (Phi) is 4.24. The van der Waals surface area contributed by atoms with Crippen LogP contribution >= 0.6 is 0 Å². The molecular formula is C18H15N7O2. The molecule has 9 heteroatoms. The van der Waals surface area contributed by atoms with Crippen LogP contribution in [0.4, 0.5) is 5.82 Å². The third-order valence-corrected chi connectivity index (χ3v) is 4.06. The van der Waals surface area contributed by atoms with Gasteiger partial charge in [0.25, 0.3) is 0 Å². The third-order valence-electron chi connectivity index (χ3n) is 4.06. The number of pyridine rings is 1. The molecule has 27 heavy (non-hydrogen) atoms. The number of imidazole rings is 1. The highest BCUT2D eigenvalue weighted by Gasteiger charge is 2.12. The van der Waals surface area contributed by atoms with E-state index >= 15 is 0 Å². The number of benzene rings is 1. The second kappa shape index (κ2) is 6.86. The predicted molar refractivity (Wildman–Crippen MR) is 97.8 cm³/mol. The average molecular weight is 361 g/mol. The fourth-order valence-corrected chi connectivity index (χ4v) is 2.86. The maximum Gasteiger partial charge on any atom is 0.233 e. The molecule has 1 amide bonds.